The molecule has 1 heterocycles. The van der Waals surface area contributed by atoms with Crippen molar-refractivity contribution in [3.8, 4) is 0 Å². The Balaban J connectivity index is 1.90. The molecule has 0 aromatic carbocycles. The summed E-state index contributed by atoms with van der Waals surface area (Å²) in [5, 5.41) is 0. The fourth-order valence-electron chi connectivity index (χ4n) is 2.20. The number of hydrogen-bond donors (Lipinski definition) is 1. The van der Waals surface area contributed by atoms with Crippen LogP contribution in [0.15, 0.2) is 0 Å². The lowest BCUT2D eigenvalue weighted by molar-refractivity contribution is -0.134. The van der Waals surface area contributed by atoms with Crippen LogP contribution >= 0.6 is 0 Å². The Hall–Kier alpha value is -0.570. The first-order valence-electron chi connectivity index (χ1n) is 5.64. The van der Waals surface area contributed by atoms with Gasteiger partial charge in [-0.05, 0) is 24.7 Å². The molecular weight excluding hydrogens is 176 g/mol. The number of hydrogen-bond acceptors (Lipinski definition) is 2. The van der Waals surface area contributed by atoms with Crippen LogP contribution in [0.1, 0.15) is 26.7 Å². The van der Waals surface area contributed by atoms with Crippen LogP contribution in [0.25, 0.3) is 0 Å². The van der Waals surface area contributed by atoms with E-state index in [0.717, 1.165) is 25.9 Å². The van der Waals surface area contributed by atoms with Crippen molar-refractivity contribution >= 4 is 5.91 Å². The normalized spacial score (nSPS) is 42.4. The van der Waals surface area contributed by atoms with E-state index in [1.807, 2.05) is 4.90 Å². The molecule has 2 fully saturated rings. The summed E-state index contributed by atoms with van der Waals surface area (Å²) in [4.78, 5) is 13.9. The number of nitrogens with two attached hydrogens (primary N) is 1. The number of likely N-dealkylation sites (tertiary alicyclic amines) is 1. The van der Waals surface area contributed by atoms with Crippen LogP contribution in [0.5, 0.6) is 0 Å². The predicted molar refractivity (Wildman–Crippen MR) is 55.6 cm³/mol. The first kappa shape index (κ1) is 9.97. The first-order chi connectivity index (χ1) is 6.59. The number of nitrogens with zero attached hydrogens (tertiary/aromatic N) is 1. The zero-order chi connectivity index (χ0) is 10.3. The molecule has 3 nitrogen and oxygen atoms in total. The predicted octanol–water partition coefficient (Wildman–Crippen LogP) is 0.838. The van der Waals surface area contributed by atoms with E-state index in [1.54, 1.807) is 0 Å². The molecule has 0 spiro atoms. The van der Waals surface area contributed by atoms with Gasteiger partial charge < -0.3 is 10.6 Å². The minimum absolute atomic E-state index is 0.182. The van der Waals surface area contributed by atoms with Crippen molar-refractivity contribution < 1.29 is 4.79 Å². The van der Waals surface area contributed by atoms with Crippen LogP contribution in [-0.4, -0.2) is 29.9 Å². The highest BCUT2D eigenvalue weighted by Crippen LogP contribution is 2.39. The largest absolute Gasteiger partial charge is 0.341 e. The van der Waals surface area contributed by atoms with Crippen LogP contribution in [0, 0.1) is 17.8 Å². The second-order valence-electron chi connectivity index (χ2n) is 5.03. The highest BCUT2D eigenvalue weighted by atomic mass is 16.2. The number of carbonyl (C=O) groups excluding carboxylic acids is 1. The quantitative estimate of drug-likeness (QED) is 0.675. The molecule has 2 rings (SSSR count). The van der Waals surface area contributed by atoms with Gasteiger partial charge in [-0.3, -0.25) is 4.79 Å². The highest BCUT2D eigenvalue weighted by molar-refractivity contribution is 5.81. The lowest BCUT2D eigenvalue weighted by Crippen LogP contribution is -2.50. The average molecular weight is 196 g/mol. The van der Waals surface area contributed by atoms with Gasteiger partial charge in [-0.2, -0.15) is 0 Å². The lowest BCUT2D eigenvalue weighted by atomic mass is 9.94. The summed E-state index contributed by atoms with van der Waals surface area (Å²) >= 11 is 0. The van der Waals surface area contributed by atoms with Crippen LogP contribution in [-0.2, 0) is 4.79 Å². The highest BCUT2D eigenvalue weighted by Gasteiger charge is 2.42. The van der Waals surface area contributed by atoms with E-state index in [4.69, 9.17) is 5.73 Å². The standard InChI is InChI=1S/C11H20N2O/c1-7-3-4-13(6-10(7)12)11(14)9-5-8(9)2/h7-10H,3-6,12H2,1-2H3. The van der Waals surface area contributed by atoms with Crippen LogP contribution in [0.3, 0.4) is 0 Å². The molecule has 1 saturated heterocycles. The number of amides is 1. The van der Waals surface area contributed by atoms with Gasteiger partial charge in [-0.1, -0.05) is 13.8 Å². The second-order valence-corrected chi connectivity index (χ2v) is 5.03. The van der Waals surface area contributed by atoms with Crippen LogP contribution < -0.4 is 5.73 Å². The number of piperidine rings is 1. The summed E-state index contributed by atoms with van der Waals surface area (Å²) in [7, 11) is 0. The van der Waals surface area contributed by atoms with Crippen molar-refractivity contribution in [2.24, 2.45) is 23.5 Å². The fraction of sp³-hybridized carbons (Fsp3) is 0.909. The molecule has 0 aromatic heterocycles. The molecule has 1 saturated carbocycles. The van der Waals surface area contributed by atoms with Gasteiger partial charge in [0.25, 0.3) is 0 Å². The number of rotatable bonds is 1. The Bertz CT molecular complexity index is 241. The summed E-state index contributed by atoms with van der Waals surface area (Å²) < 4.78 is 0. The Labute approximate surface area is 85.6 Å². The molecule has 2 N–H and O–H groups in total. The van der Waals surface area contributed by atoms with Crippen molar-refractivity contribution in [1.82, 2.24) is 4.90 Å². The molecule has 1 aliphatic carbocycles. The summed E-state index contributed by atoms with van der Waals surface area (Å²) in [5.41, 5.74) is 5.97. The van der Waals surface area contributed by atoms with Crippen LogP contribution in [0.2, 0.25) is 0 Å². The minimum Gasteiger partial charge on any atom is -0.341 e. The van der Waals surface area contributed by atoms with E-state index in [2.05, 4.69) is 13.8 Å². The molecule has 0 bridgehead atoms. The molecule has 0 aromatic rings. The summed E-state index contributed by atoms with van der Waals surface area (Å²) in [5.74, 6) is 1.84. The topological polar surface area (TPSA) is 46.3 Å². The Kier molecular flexibility index (Phi) is 2.52. The third-order valence-electron chi connectivity index (χ3n) is 3.75. The molecule has 4 unspecified atom stereocenters. The Morgan fingerprint density at radius 1 is 1.36 bits per heavy atom. The summed E-state index contributed by atoms with van der Waals surface area (Å²) in [6.45, 7) is 6.00. The maximum Gasteiger partial charge on any atom is 0.226 e. The molecule has 1 amide bonds. The molecule has 14 heavy (non-hydrogen) atoms. The zero-order valence-corrected chi connectivity index (χ0v) is 9.07. The van der Waals surface area contributed by atoms with Gasteiger partial charge >= 0.3 is 0 Å². The maximum atomic E-state index is 11.9. The van der Waals surface area contributed by atoms with Crippen molar-refractivity contribution in [2.75, 3.05) is 13.1 Å². The molecule has 80 valence electrons. The third kappa shape index (κ3) is 1.78. The van der Waals surface area contributed by atoms with Gasteiger partial charge in [-0.15, -0.1) is 0 Å². The van der Waals surface area contributed by atoms with Crippen molar-refractivity contribution in [2.45, 2.75) is 32.7 Å². The minimum atomic E-state index is 0.182. The van der Waals surface area contributed by atoms with Gasteiger partial charge in [-0.25, -0.2) is 0 Å². The molecule has 3 heteroatoms. The number of carbonyl (C=O) groups is 1. The van der Waals surface area contributed by atoms with E-state index < -0.39 is 0 Å². The van der Waals surface area contributed by atoms with Gasteiger partial charge in [0.05, 0.1) is 0 Å². The SMILES string of the molecule is CC1CCN(C(=O)C2CC2C)CC1N. The molecular formula is C11H20N2O. The van der Waals surface area contributed by atoms with E-state index in [-0.39, 0.29) is 6.04 Å². The first-order valence-corrected chi connectivity index (χ1v) is 5.64. The Morgan fingerprint density at radius 2 is 2.00 bits per heavy atom. The average Bonchev–Trinajstić information content (AvgIpc) is 2.86. The molecule has 4 atom stereocenters. The van der Waals surface area contributed by atoms with Crippen molar-refractivity contribution in [1.29, 1.82) is 0 Å². The van der Waals surface area contributed by atoms with Gasteiger partial charge in [0.15, 0.2) is 0 Å². The monoisotopic (exact) mass is 196 g/mol. The zero-order valence-electron chi connectivity index (χ0n) is 9.07. The van der Waals surface area contributed by atoms with E-state index in [9.17, 15) is 4.79 Å². The van der Waals surface area contributed by atoms with Crippen LogP contribution in [0.4, 0.5) is 0 Å². The molecule has 1 aliphatic heterocycles. The Morgan fingerprint density at radius 3 is 2.50 bits per heavy atom. The van der Waals surface area contributed by atoms with Gasteiger partial charge in [0, 0.05) is 25.0 Å². The molecule has 2 aliphatic rings. The maximum absolute atomic E-state index is 11.9. The summed E-state index contributed by atoms with van der Waals surface area (Å²) in [6.07, 6.45) is 2.15. The summed E-state index contributed by atoms with van der Waals surface area (Å²) in [6, 6.07) is 0.182. The smallest absolute Gasteiger partial charge is 0.226 e. The third-order valence-corrected chi connectivity index (χ3v) is 3.75. The van der Waals surface area contributed by atoms with Gasteiger partial charge in [0.1, 0.15) is 0 Å². The fourth-order valence-corrected chi connectivity index (χ4v) is 2.20. The second kappa shape index (κ2) is 3.54. The van der Waals surface area contributed by atoms with Gasteiger partial charge in [0.2, 0.25) is 5.91 Å². The van der Waals surface area contributed by atoms with E-state index in [1.165, 1.54) is 0 Å². The lowest BCUT2D eigenvalue weighted by Gasteiger charge is -2.35. The van der Waals surface area contributed by atoms with E-state index >= 15 is 0 Å². The molecule has 0 radical (unpaired) electrons. The van der Waals surface area contributed by atoms with Crippen molar-refractivity contribution in [3.63, 3.8) is 0 Å². The van der Waals surface area contributed by atoms with Crippen molar-refractivity contribution in [3.05, 3.63) is 0 Å². The van der Waals surface area contributed by atoms with E-state index in [0.29, 0.717) is 23.7 Å².